The van der Waals surface area contributed by atoms with E-state index in [1.165, 1.54) is 5.56 Å². The van der Waals surface area contributed by atoms with E-state index in [2.05, 4.69) is 22.7 Å². The van der Waals surface area contributed by atoms with Crippen LogP contribution in [0.5, 0.6) is 0 Å². The molecule has 21 heavy (non-hydrogen) atoms. The third kappa shape index (κ3) is 3.08. The molecule has 0 fully saturated rings. The maximum absolute atomic E-state index is 11.9. The van der Waals surface area contributed by atoms with Crippen molar-refractivity contribution in [1.82, 2.24) is 5.43 Å². The van der Waals surface area contributed by atoms with Crippen LogP contribution in [0.1, 0.15) is 17.5 Å². The van der Waals surface area contributed by atoms with Crippen molar-refractivity contribution in [3.63, 3.8) is 0 Å². The molecule has 0 saturated heterocycles. The fraction of sp³-hybridized carbons (Fsp3) is 0.111. The fourth-order valence-electron chi connectivity index (χ4n) is 2.37. The summed E-state index contributed by atoms with van der Waals surface area (Å²) in [5.41, 5.74) is 6.17. The Kier molecular flexibility index (Phi) is 3.92. The maximum Gasteiger partial charge on any atom is 0.273 e. The zero-order chi connectivity index (χ0) is 14.5. The number of hydrazone groups is 1. The van der Waals surface area contributed by atoms with E-state index < -0.39 is 0 Å². The lowest BCUT2D eigenvalue weighted by molar-refractivity contribution is -0.116. The van der Waals surface area contributed by atoms with Crippen LogP contribution in [-0.2, 0) is 11.2 Å². The van der Waals surface area contributed by atoms with Crippen LogP contribution < -0.4 is 5.43 Å². The SMILES string of the molecule is O=C1NN=C(c2ccccc2)C1=CCCc1ccccc1. The summed E-state index contributed by atoms with van der Waals surface area (Å²) in [5.74, 6) is -0.123. The van der Waals surface area contributed by atoms with Crippen molar-refractivity contribution in [1.29, 1.82) is 0 Å². The van der Waals surface area contributed by atoms with Crippen molar-refractivity contribution in [3.8, 4) is 0 Å². The van der Waals surface area contributed by atoms with Gasteiger partial charge in [0.1, 0.15) is 5.71 Å². The van der Waals surface area contributed by atoms with Crippen molar-refractivity contribution < 1.29 is 4.79 Å². The molecule has 1 amide bonds. The van der Waals surface area contributed by atoms with Crippen molar-refractivity contribution in [3.05, 3.63) is 83.4 Å². The van der Waals surface area contributed by atoms with Gasteiger partial charge >= 0.3 is 0 Å². The lowest BCUT2D eigenvalue weighted by Gasteiger charge is -2.02. The number of benzene rings is 2. The quantitative estimate of drug-likeness (QED) is 0.857. The van der Waals surface area contributed by atoms with Gasteiger partial charge in [0, 0.05) is 5.56 Å². The predicted octanol–water partition coefficient (Wildman–Crippen LogP) is 3.08. The number of rotatable bonds is 4. The van der Waals surface area contributed by atoms with Gasteiger partial charge in [0.15, 0.2) is 0 Å². The van der Waals surface area contributed by atoms with Gasteiger partial charge in [-0.2, -0.15) is 5.10 Å². The van der Waals surface area contributed by atoms with Gasteiger partial charge in [-0.05, 0) is 18.4 Å². The zero-order valence-electron chi connectivity index (χ0n) is 11.6. The third-order valence-electron chi connectivity index (χ3n) is 3.44. The largest absolute Gasteiger partial charge is 0.273 e. The molecule has 2 aromatic carbocycles. The lowest BCUT2D eigenvalue weighted by atomic mass is 10.0. The van der Waals surface area contributed by atoms with E-state index in [4.69, 9.17) is 0 Å². The summed E-state index contributed by atoms with van der Waals surface area (Å²) in [7, 11) is 0. The molecular weight excluding hydrogens is 260 g/mol. The molecule has 0 radical (unpaired) electrons. The van der Waals surface area contributed by atoms with Crippen LogP contribution >= 0.6 is 0 Å². The van der Waals surface area contributed by atoms with Gasteiger partial charge in [-0.1, -0.05) is 66.7 Å². The number of allylic oxidation sites excluding steroid dienone is 1. The molecule has 0 unspecified atom stereocenters. The Morgan fingerprint density at radius 1 is 0.952 bits per heavy atom. The summed E-state index contributed by atoms with van der Waals surface area (Å²) in [5, 5.41) is 4.14. The van der Waals surface area contributed by atoms with Crippen LogP contribution in [0.25, 0.3) is 0 Å². The molecule has 0 saturated carbocycles. The molecule has 3 rings (SSSR count). The Hall–Kier alpha value is -2.68. The van der Waals surface area contributed by atoms with E-state index in [1.54, 1.807) is 0 Å². The Bertz CT molecular complexity index is 688. The van der Waals surface area contributed by atoms with Gasteiger partial charge < -0.3 is 0 Å². The second-order valence-electron chi connectivity index (χ2n) is 4.91. The second-order valence-corrected chi connectivity index (χ2v) is 4.91. The van der Waals surface area contributed by atoms with E-state index in [0.717, 1.165) is 24.1 Å². The van der Waals surface area contributed by atoms with Crippen LogP contribution in [0.4, 0.5) is 0 Å². The number of carbonyl (C=O) groups excluding carboxylic acids is 1. The molecule has 3 heteroatoms. The lowest BCUT2D eigenvalue weighted by Crippen LogP contribution is -2.13. The maximum atomic E-state index is 11.9. The Balaban J connectivity index is 1.75. The Morgan fingerprint density at radius 3 is 2.33 bits per heavy atom. The van der Waals surface area contributed by atoms with Gasteiger partial charge in [-0.3, -0.25) is 4.79 Å². The standard InChI is InChI=1S/C18H16N2O/c21-18-16(13-7-10-14-8-3-1-4-9-14)17(19-20-18)15-11-5-2-6-12-15/h1-6,8-9,11-13H,7,10H2,(H,20,21). The molecule has 1 aliphatic rings. The first-order chi connectivity index (χ1) is 10.3. The average Bonchev–Trinajstić information content (AvgIpc) is 2.91. The van der Waals surface area contributed by atoms with Gasteiger partial charge in [-0.15, -0.1) is 0 Å². The van der Waals surface area contributed by atoms with Crippen molar-refractivity contribution in [2.45, 2.75) is 12.8 Å². The molecule has 104 valence electrons. The number of aryl methyl sites for hydroxylation is 1. The van der Waals surface area contributed by atoms with E-state index >= 15 is 0 Å². The van der Waals surface area contributed by atoms with E-state index in [9.17, 15) is 4.79 Å². The fourth-order valence-corrected chi connectivity index (χ4v) is 2.37. The highest BCUT2D eigenvalue weighted by Gasteiger charge is 2.23. The van der Waals surface area contributed by atoms with Gasteiger partial charge in [0.25, 0.3) is 5.91 Å². The molecule has 0 aliphatic carbocycles. The minimum absolute atomic E-state index is 0.123. The minimum atomic E-state index is -0.123. The van der Waals surface area contributed by atoms with Crippen LogP contribution in [-0.4, -0.2) is 11.6 Å². The smallest absolute Gasteiger partial charge is 0.267 e. The van der Waals surface area contributed by atoms with E-state index in [1.807, 2.05) is 54.6 Å². The molecule has 0 aromatic heterocycles. The highest BCUT2D eigenvalue weighted by atomic mass is 16.2. The average molecular weight is 276 g/mol. The third-order valence-corrected chi connectivity index (χ3v) is 3.44. The van der Waals surface area contributed by atoms with Crippen LogP contribution in [0, 0.1) is 0 Å². The second kappa shape index (κ2) is 6.18. The van der Waals surface area contributed by atoms with Gasteiger partial charge in [0.2, 0.25) is 0 Å². The monoisotopic (exact) mass is 276 g/mol. The van der Waals surface area contributed by atoms with Crippen LogP contribution in [0.3, 0.4) is 0 Å². The minimum Gasteiger partial charge on any atom is -0.267 e. The molecule has 2 aromatic rings. The Labute approximate surface area is 124 Å². The topological polar surface area (TPSA) is 41.5 Å². The first kappa shape index (κ1) is 13.3. The number of nitrogens with one attached hydrogen (secondary N) is 1. The van der Waals surface area contributed by atoms with Crippen LogP contribution in [0.15, 0.2) is 77.4 Å². The summed E-state index contributed by atoms with van der Waals surface area (Å²) < 4.78 is 0. The summed E-state index contributed by atoms with van der Waals surface area (Å²) in [6.45, 7) is 0. The van der Waals surface area contributed by atoms with Gasteiger partial charge in [0.05, 0.1) is 5.57 Å². The number of nitrogens with zero attached hydrogens (tertiary/aromatic N) is 1. The number of amides is 1. The van der Waals surface area contributed by atoms with E-state index in [0.29, 0.717) is 5.57 Å². The first-order valence-electron chi connectivity index (χ1n) is 7.02. The number of hydrogen-bond acceptors (Lipinski definition) is 2. The summed E-state index contributed by atoms with van der Waals surface area (Å²) in [6, 6.07) is 20.0. The Morgan fingerprint density at radius 2 is 1.62 bits per heavy atom. The molecule has 0 spiro atoms. The molecule has 0 bridgehead atoms. The molecule has 0 atom stereocenters. The highest BCUT2D eigenvalue weighted by Crippen LogP contribution is 2.15. The zero-order valence-corrected chi connectivity index (χ0v) is 11.6. The number of hydrogen-bond donors (Lipinski definition) is 1. The normalized spacial score (nSPS) is 15.9. The van der Waals surface area contributed by atoms with Crippen molar-refractivity contribution >= 4 is 11.6 Å². The van der Waals surface area contributed by atoms with E-state index in [-0.39, 0.29) is 5.91 Å². The molecule has 1 aliphatic heterocycles. The molecule has 1 heterocycles. The summed E-state index contributed by atoms with van der Waals surface area (Å²) in [4.78, 5) is 11.9. The highest BCUT2D eigenvalue weighted by molar-refractivity contribution is 6.30. The number of carbonyl (C=O) groups is 1. The van der Waals surface area contributed by atoms with Crippen molar-refractivity contribution in [2.75, 3.05) is 0 Å². The molecule has 3 nitrogen and oxygen atoms in total. The van der Waals surface area contributed by atoms with Gasteiger partial charge in [-0.25, -0.2) is 5.43 Å². The molecule has 1 N–H and O–H groups in total. The van der Waals surface area contributed by atoms with Crippen LogP contribution in [0.2, 0.25) is 0 Å². The summed E-state index contributed by atoms with van der Waals surface area (Å²) in [6.07, 6.45) is 3.71. The summed E-state index contributed by atoms with van der Waals surface area (Å²) >= 11 is 0. The predicted molar refractivity (Wildman–Crippen MR) is 84.0 cm³/mol. The molecular formula is C18H16N2O. The first-order valence-corrected chi connectivity index (χ1v) is 7.02. The van der Waals surface area contributed by atoms with Crippen molar-refractivity contribution in [2.24, 2.45) is 5.10 Å².